The van der Waals surface area contributed by atoms with Gasteiger partial charge in [-0.25, -0.2) is 4.98 Å². The van der Waals surface area contributed by atoms with Crippen molar-refractivity contribution in [3.63, 3.8) is 0 Å². The minimum atomic E-state index is -0.0240. The van der Waals surface area contributed by atoms with Crippen molar-refractivity contribution in [1.29, 1.82) is 0 Å². The Labute approximate surface area is 123 Å². The van der Waals surface area contributed by atoms with Gasteiger partial charge in [-0.2, -0.15) is 0 Å². The van der Waals surface area contributed by atoms with Crippen LogP contribution in [0.15, 0.2) is 0 Å². The summed E-state index contributed by atoms with van der Waals surface area (Å²) in [5.41, 5.74) is 5.88. The zero-order valence-corrected chi connectivity index (χ0v) is 12.8. The lowest BCUT2D eigenvalue weighted by molar-refractivity contribution is 0.0685. The molecule has 3 N–H and O–H groups in total. The second kappa shape index (κ2) is 6.90. The van der Waals surface area contributed by atoms with Crippen LogP contribution >= 0.6 is 11.3 Å². The fourth-order valence-corrected chi connectivity index (χ4v) is 2.82. The van der Waals surface area contributed by atoms with E-state index in [1.807, 2.05) is 4.90 Å². The highest BCUT2D eigenvalue weighted by atomic mass is 32.1. The number of carbonyl (C=O) groups is 1. The minimum absolute atomic E-state index is 0.0240. The summed E-state index contributed by atoms with van der Waals surface area (Å²) < 4.78 is 5.08. The number of carbonyl (C=O) groups excluding carboxylic acids is 1. The molecule has 20 heavy (non-hydrogen) atoms. The van der Waals surface area contributed by atoms with Crippen molar-refractivity contribution in [2.24, 2.45) is 0 Å². The van der Waals surface area contributed by atoms with Gasteiger partial charge in [0.1, 0.15) is 10.7 Å². The quantitative estimate of drug-likeness (QED) is 0.765. The third kappa shape index (κ3) is 3.61. The maximum Gasteiger partial charge on any atom is 0.268 e. The minimum Gasteiger partial charge on any atom is -0.383 e. The molecule has 0 radical (unpaired) electrons. The van der Waals surface area contributed by atoms with E-state index in [1.165, 1.54) is 11.3 Å². The highest BCUT2D eigenvalue weighted by Crippen LogP contribution is 2.32. The summed E-state index contributed by atoms with van der Waals surface area (Å²) in [6.07, 6.45) is 3.13. The van der Waals surface area contributed by atoms with Crippen LogP contribution in [0.1, 0.15) is 35.9 Å². The molecule has 0 spiro atoms. The number of rotatable bonds is 8. The molecule has 1 aromatic rings. The predicted octanol–water partition coefficient (Wildman–Crippen LogP) is 1.80. The van der Waals surface area contributed by atoms with Gasteiger partial charge in [0.25, 0.3) is 5.91 Å². The Balaban J connectivity index is 2.07. The van der Waals surface area contributed by atoms with E-state index in [9.17, 15) is 4.79 Å². The molecule has 6 nitrogen and oxygen atoms in total. The number of anilines is 2. The SMILES string of the molecule is CCCNc1nc(N)c(C(=O)N(CCOC)C2CC2)s1. The lowest BCUT2D eigenvalue weighted by atomic mass is 10.3. The molecule has 1 saturated carbocycles. The predicted molar refractivity (Wildman–Crippen MR) is 81.2 cm³/mol. The fraction of sp³-hybridized carbons (Fsp3) is 0.692. The third-order valence-electron chi connectivity index (χ3n) is 3.16. The molecule has 0 atom stereocenters. The van der Waals surface area contributed by atoms with Crippen molar-refractivity contribution >= 4 is 28.2 Å². The van der Waals surface area contributed by atoms with Gasteiger partial charge in [0.05, 0.1) is 6.61 Å². The molecule has 1 fully saturated rings. The van der Waals surface area contributed by atoms with E-state index in [4.69, 9.17) is 10.5 Å². The summed E-state index contributed by atoms with van der Waals surface area (Å²) in [6, 6.07) is 0.339. The molecule has 7 heteroatoms. The van der Waals surface area contributed by atoms with Gasteiger partial charge < -0.3 is 20.7 Å². The normalized spacial score (nSPS) is 14.3. The smallest absolute Gasteiger partial charge is 0.268 e. The lowest BCUT2D eigenvalue weighted by Crippen LogP contribution is -2.35. The summed E-state index contributed by atoms with van der Waals surface area (Å²) in [5, 5.41) is 3.89. The summed E-state index contributed by atoms with van der Waals surface area (Å²) in [5.74, 6) is 0.297. The van der Waals surface area contributed by atoms with Crippen LogP contribution < -0.4 is 11.1 Å². The molecule has 1 aromatic heterocycles. The van der Waals surface area contributed by atoms with Crippen LogP contribution in [-0.2, 0) is 4.74 Å². The van der Waals surface area contributed by atoms with Gasteiger partial charge in [-0.05, 0) is 19.3 Å². The number of nitrogens with one attached hydrogen (secondary N) is 1. The second-order valence-corrected chi connectivity index (χ2v) is 5.88. The maximum absolute atomic E-state index is 12.6. The van der Waals surface area contributed by atoms with Gasteiger partial charge in [-0.1, -0.05) is 18.3 Å². The highest BCUT2D eigenvalue weighted by molar-refractivity contribution is 7.18. The maximum atomic E-state index is 12.6. The van der Waals surface area contributed by atoms with E-state index in [1.54, 1.807) is 7.11 Å². The molecule has 1 aliphatic rings. The first-order valence-electron chi connectivity index (χ1n) is 6.97. The van der Waals surface area contributed by atoms with Gasteiger partial charge >= 0.3 is 0 Å². The summed E-state index contributed by atoms with van der Waals surface area (Å²) >= 11 is 1.34. The first-order chi connectivity index (χ1) is 9.67. The number of amides is 1. The number of nitrogen functional groups attached to an aromatic ring is 1. The van der Waals surface area contributed by atoms with Crippen LogP contribution in [0.3, 0.4) is 0 Å². The highest BCUT2D eigenvalue weighted by Gasteiger charge is 2.34. The topological polar surface area (TPSA) is 80.5 Å². The second-order valence-electron chi connectivity index (χ2n) is 4.88. The van der Waals surface area contributed by atoms with E-state index >= 15 is 0 Å². The van der Waals surface area contributed by atoms with Crippen molar-refractivity contribution in [3.8, 4) is 0 Å². The van der Waals surface area contributed by atoms with Gasteiger partial charge in [0, 0.05) is 26.2 Å². The van der Waals surface area contributed by atoms with Crippen LogP contribution in [0.25, 0.3) is 0 Å². The van der Waals surface area contributed by atoms with Crippen LogP contribution in [0.4, 0.5) is 10.9 Å². The van der Waals surface area contributed by atoms with E-state index in [0.29, 0.717) is 29.9 Å². The van der Waals surface area contributed by atoms with Crippen LogP contribution in [0.2, 0.25) is 0 Å². The van der Waals surface area contributed by atoms with E-state index in [2.05, 4.69) is 17.2 Å². The largest absolute Gasteiger partial charge is 0.383 e. The number of hydrogen-bond acceptors (Lipinski definition) is 6. The number of ether oxygens (including phenoxy) is 1. The van der Waals surface area contributed by atoms with Crippen LogP contribution in [0.5, 0.6) is 0 Å². The number of nitrogens with zero attached hydrogens (tertiary/aromatic N) is 2. The molecular weight excluding hydrogens is 276 g/mol. The van der Waals surface area contributed by atoms with Gasteiger partial charge in [0.2, 0.25) is 0 Å². The first-order valence-corrected chi connectivity index (χ1v) is 7.79. The number of aromatic nitrogens is 1. The average Bonchev–Trinajstić information content (AvgIpc) is 3.20. The standard InChI is InChI=1S/C13H22N4O2S/c1-3-6-15-13-16-11(14)10(20-13)12(18)17(7-8-19-2)9-4-5-9/h9H,3-8,14H2,1-2H3,(H,15,16). The molecule has 0 saturated heterocycles. The zero-order chi connectivity index (χ0) is 14.5. The van der Waals surface area contributed by atoms with Crippen molar-refractivity contribution in [2.75, 3.05) is 37.9 Å². The molecule has 0 bridgehead atoms. The first kappa shape index (κ1) is 15.1. The lowest BCUT2D eigenvalue weighted by Gasteiger charge is -2.21. The van der Waals surface area contributed by atoms with Crippen molar-refractivity contribution in [1.82, 2.24) is 9.88 Å². The van der Waals surface area contributed by atoms with Crippen LogP contribution in [-0.4, -0.2) is 48.6 Å². The number of thiazole rings is 1. The Bertz CT molecular complexity index is 459. The average molecular weight is 298 g/mol. The summed E-state index contributed by atoms with van der Waals surface area (Å²) in [7, 11) is 1.64. The number of nitrogens with two attached hydrogens (primary N) is 1. The van der Waals surface area contributed by atoms with E-state index < -0.39 is 0 Å². The molecule has 1 aliphatic carbocycles. The zero-order valence-electron chi connectivity index (χ0n) is 12.0. The Kier molecular flexibility index (Phi) is 5.19. The van der Waals surface area contributed by atoms with Crippen LogP contribution in [0, 0.1) is 0 Å². The molecule has 0 aromatic carbocycles. The molecule has 112 valence electrons. The van der Waals surface area contributed by atoms with E-state index in [-0.39, 0.29) is 5.91 Å². The summed E-state index contributed by atoms with van der Waals surface area (Å²) in [4.78, 5) is 19.2. The molecule has 0 aliphatic heterocycles. The van der Waals surface area contributed by atoms with Crippen molar-refractivity contribution in [3.05, 3.63) is 4.88 Å². The number of methoxy groups -OCH3 is 1. The Morgan fingerprint density at radius 2 is 2.35 bits per heavy atom. The van der Waals surface area contributed by atoms with Gasteiger partial charge in [0.15, 0.2) is 5.13 Å². The molecular formula is C13H22N4O2S. The van der Waals surface area contributed by atoms with E-state index in [0.717, 1.165) is 30.9 Å². The molecule has 2 rings (SSSR count). The fourth-order valence-electron chi connectivity index (χ4n) is 1.95. The van der Waals surface area contributed by atoms with Crippen molar-refractivity contribution < 1.29 is 9.53 Å². The Hall–Kier alpha value is -1.34. The number of hydrogen-bond donors (Lipinski definition) is 2. The third-order valence-corrected chi connectivity index (χ3v) is 4.18. The van der Waals surface area contributed by atoms with Crippen molar-refractivity contribution in [2.45, 2.75) is 32.2 Å². The molecule has 1 amide bonds. The Morgan fingerprint density at radius 1 is 1.60 bits per heavy atom. The molecule has 0 unspecified atom stereocenters. The Morgan fingerprint density at radius 3 is 2.95 bits per heavy atom. The summed E-state index contributed by atoms with van der Waals surface area (Å²) in [6.45, 7) is 4.06. The molecule has 1 heterocycles. The monoisotopic (exact) mass is 298 g/mol. The van der Waals surface area contributed by atoms with Gasteiger partial charge in [-0.15, -0.1) is 0 Å². The van der Waals surface area contributed by atoms with Gasteiger partial charge in [-0.3, -0.25) is 4.79 Å².